The quantitative estimate of drug-likeness (QED) is 0.941. The molecule has 5 nitrogen and oxygen atoms in total. The minimum atomic E-state index is 0.742. The fourth-order valence-corrected chi connectivity index (χ4v) is 3.42. The summed E-state index contributed by atoms with van der Waals surface area (Å²) in [6.45, 7) is 8.68. The van der Waals surface area contributed by atoms with Crippen LogP contribution in [0.15, 0.2) is 6.07 Å². The topological polar surface area (TPSA) is 50.3 Å². The number of anilines is 2. The van der Waals surface area contributed by atoms with Crippen LogP contribution in [0.1, 0.15) is 24.6 Å². The van der Waals surface area contributed by atoms with Gasteiger partial charge in [0.2, 0.25) is 5.95 Å². The molecule has 0 radical (unpaired) electrons. The van der Waals surface area contributed by atoms with E-state index in [-0.39, 0.29) is 0 Å². The number of ether oxygens (including phenoxy) is 1. The summed E-state index contributed by atoms with van der Waals surface area (Å²) in [5.41, 5.74) is 0. The van der Waals surface area contributed by atoms with Crippen LogP contribution in [0, 0.1) is 6.92 Å². The highest BCUT2D eigenvalue weighted by atomic mass is 32.1. The molecule has 1 N–H and O–H groups in total. The van der Waals surface area contributed by atoms with Gasteiger partial charge in [-0.2, -0.15) is 4.98 Å². The average molecular weight is 306 g/mol. The molecule has 0 aliphatic carbocycles. The summed E-state index contributed by atoms with van der Waals surface area (Å²) in [5.74, 6) is 1.79. The van der Waals surface area contributed by atoms with Crippen molar-refractivity contribution >= 4 is 33.3 Å². The number of fused-ring (bicyclic) bond motifs is 1. The van der Waals surface area contributed by atoms with Gasteiger partial charge in [0.25, 0.3) is 0 Å². The summed E-state index contributed by atoms with van der Waals surface area (Å²) in [5, 5.41) is 4.49. The first-order valence-corrected chi connectivity index (χ1v) is 8.44. The van der Waals surface area contributed by atoms with Crippen molar-refractivity contribution in [3.63, 3.8) is 0 Å². The van der Waals surface area contributed by atoms with Gasteiger partial charge >= 0.3 is 0 Å². The van der Waals surface area contributed by atoms with Crippen LogP contribution in [-0.2, 0) is 4.74 Å². The first-order valence-electron chi connectivity index (χ1n) is 7.62. The van der Waals surface area contributed by atoms with E-state index < -0.39 is 0 Å². The number of nitrogens with zero attached hydrogens (tertiary/aromatic N) is 3. The van der Waals surface area contributed by atoms with Gasteiger partial charge in [-0.15, -0.1) is 11.3 Å². The average Bonchev–Trinajstić information content (AvgIpc) is 2.69. The number of aromatic nitrogens is 2. The van der Waals surface area contributed by atoms with Crippen LogP contribution in [0.5, 0.6) is 0 Å². The number of nitrogens with one attached hydrogen (secondary N) is 1. The number of hydrogen-bond donors (Lipinski definition) is 1. The zero-order chi connectivity index (χ0) is 14.7. The third-order valence-electron chi connectivity index (χ3n) is 3.55. The lowest BCUT2D eigenvalue weighted by molar-refractivity contribution is 0.152. The molecule has 3 heterocycles. The second-order valence-electron chi connectivity index (χ2n) is 5.33. The molecule has 1 saturated heterocycles. The molecule has 114 valence electrons. The van der Waals surface area contributed by atoms with Crippen molar-refractivity contribution in [1.29, 1.82) is 0 Å². The fourth-order valence-electron chi connectivity index (χ4n) is 2.54. The highest BCUT2D eigenvalue weighted by molar-refractivity contribution is 7.18. The van der Waals surface area contributed by atoms with Crippen molar-refractivity contribution in [2.24, 2.45) is 0 Å². The molecule has 0 atom stereocenters. The molecule has 3 rings (SSSR count). The van der Waals surface area contributed by atoms with Gasteiger partial charge < -0.3 is 15.0 Å². The second kappa shape index (κ2) is 6.58. The molecular formula is C15H22N4OS. The van der Waals surface area contributed by atoms with Crippen molar-refractivity contribution < 1.29 is 4.74 Å². The molecule has 2 aromatic rings. The Kier molecular flexibility index (Phi) is 4.55. The Morgan fingerprint density at radius 2 is 2.24 bits per heavy atom. The Hall–Kier alpha value is -1.40. The summed E-state index contributed by atoms with van der Waals surface area (Å²) in [7, 11) is 0. The van der Waals surface area contributed by atoms with E-state index in [9.17, 15) is 0 Å². The third-order valence-corrected chi connectivity index (χ3v) is 4.50. The lowest BCUT2D eigenvalue weighted by Gasteiger charge is -2.22. The van der Waals surface area contributed by atoms with Gasteiger partial charge in [-0.1, -0.05) is 6.92 Å². The smallest absolute Gasteiger partial charge is 0.226 e. The molecule has 21 heavy (non-hydrogen) atoms. The highest BCUT2D eigenvalue weighted by Crippen LogP contribution is 2.32. The van der Waals surface area contributed by atoms with Gasteiger partial charge in [-0.25, -0.2) is 4.98 Å². The van der Waals surface area contributed by atoms with Gasteiger partial charge in [-0.3, -0.25) is 0 Å². The van der Waals surface area contributed by atoms with Gasteiger partial charge in [0.05, 0.1) is 12.0 Å². The number of hydrogen-bond acceptors (Lipinski definition) is 6. The standard InChI is InChI=1S/C15H22N4OS/c1-3-5-16-15-17-13(19-6-4-8-20-9-7-19)12-10-11(2)21-14(12)18-15/h10H,3-9H2,1-2H3,(H,16,17,18). The Bertz CT molecular complexity index is 605. The maximum absolute atomic E-state index is 5.56. The van der Waals surface area contributed by atoms with Crippen LogP contribution in [0.25, 0.3) is 10.2 Å². The molecule has 0 spiro atoms. The minimum absolute atomic E-state index is 0.742. The summed E-state index contributed by atoms with van der Waals surface area (Å²) in [6.07, 6.45) is 2.12. The lowest BCUT2D eigenvalue weighted by atomic mass is 10.3. The molecule has 0 unspecified atom stereocenters. The first kappa shape index (κ1) is 14.5. The van der Waals surface area contributed by atoms with E-state index in [1.54, 1.807) is 11.3 Å². The molecule has 1 fully saturated rings. The molecular weight excluding hydrogens is 284 g/mol. The zero-order valence-electron chi connectivity index (χ0n) is 12.7. The fraction of sp³-hybridized carbons (Fsp3) is 0.600. The highest BCUT2D eigenvalue weighted by Gasteiger charge is 2.17. The van der Waals surface area contributed by atoms with Gasteiger partial charge in [-0.05, 0) is 25.8 Å². The van der Waals surface area contributed by atoms with Crippen LogP contribution in [0.2, 0.25) is 0 Å². The second-order valence-corrected chi connectivity index (χ2v) is 6.56. The van der Waals surface area contributed by atoms with Crippen molar-refractivity contribution in [2.45, 2.75) is 26.7 Å². The van der Waals surface area contributed by atoms with E-state index in [1.807, 2.05) is 0 Å². The summed E-state index contributed by atoms with van der Waals surface area (Å²) >= 11 is 1.73. The largest absolute Gasteiger partial charge is 0.380 e. The van der Waals surface area contributed by atoms with E-state index in [0.29, 0.717) is 0 Å². The summed E-state index contributed by atoms with van der Waals surface area (Å²) in [6, 6.07) is 2.20. The Morgan fingerprint density at radius 1 is 1.33 bits per heavy atom. The van der Waals surface area contributed by atoms with E-state index in [0.717, 1.165) is 62.3 Å². The molecule has 1 aliphatic heterocycles. The Balaban J connectivity index is 2.00. The molecule has 0 bridgehead atoms. The molecule has 0 aromatic carbocycles. The predicted molar refractivity (Wildman–Crippen MR) is 88.6 cm³/mol. The predicted octanol–water partition coefficient (Wildman–Crippen LogP) is 3.05. The summed E-state index contributed by atoms with van der Waals surface area (Å²) in [4.78, 5) is 14.1. The summed E-state index contributed by atoms with van der Waals surface area (Å²) < 4.78 is 5.56. The van der Waals surface area contributed by atoms with Crippen LogP contribution in [0.3, 0.4) is 0 Å². The normalized spacial score (nSPS) is 16.2. The van der Waals surface area contributed by atoms with Crippen molar-refractivity contribution in [2.75, 3.05) is 43.1 Å². The number of rotatable bonds is 4. The minimum Gasteiger partial charge on any atom is -0.380 e. The van der Waals surface area contributed by atoms with Crippen molar-refractivity contribution in [3.05, 3.63) is 10.9 Å². The van der Waals surface area contributed by atoms with Crippen molar-refractivity contribution in [1.82, 2.24) is 9.97 Å². The number of thiophene rings is 1. The van der Waals surface area contributed by atoms with E-state index >= 15 is 0 Å². The number of aryl methyl sites for hydroxylation is 1. The van der Waals surface area contributed by atoms with Crippen LogP contribution in [0.4, 0.5) is 11.8 Å². The molecule has 0 amide bonds. The lowest BCUT2D eigenvalue weighted by Crippen LogP contribution is -2.27. The maximum atomic E-state index is 5.56. The Labute approximate surface area is 129 Å². The monoisotopic (exact) mass is 306 g/mol. The third kappa shape index (κ3) is 3.27. The van der Waals surface area contributed by atoms with Crippen LogP contribution in [-0.4, -0.2) is 42.8 Å². The van der Waals surface area contributed by atoms with Crippen LogP contribution < -0.4 is 10.2 Å². The first-order chi connectivity index (χ1) is 10.3. The molecule has 2 aromatic heterocycles. The van der Waals surface area contributed by atoms with Gasteiger partial charge in [0.1, 0.15) is 10.6 Å². The van der Waals surface area contributed by atoms with Gasteiger partial charge in [0.15, 0.2) is 0 Å². The van der Waals surface area contributed by atoms with Gasteiger partial charge in [0, 0.05) is 31.1 Å². The van der Waals surface area contributed by atoms with E-state index in [2.05, 4.69) is 35.1 Å². The van der Waals surface area contributed by atoms with Crippen LogP contribution >= 0.6 is 11.3 Å². The maximum Gasteiger partial charge on any atom is 0.226 e. The SMILES string of the molecule is CCCNc1nc(N2CCCOCC2)c2cc(C)sc2n1. The molecule has 0 saturated carbocycles. The zero-order valence-corrected chi connectivity index (χ0v) is 13.5. The molecule has 1 aliphatic rings. The van der Waals surface area contributed by atoms with E-state index in [4.69, 9.17) is 9.72 Å². The Morgan fingerprint density at radius 3 is 3.10 bits per heavy atom. The van der Waals surface area contributed by atoms with Crippen molar-refractivity contribution in [3.8, 4) is 0 Å². The van der Waals surface area contributed by atoms with E-state index in [1.165, 1.54) is 10.3 Å². The molecule has 6 heteroatoms.